The first-order valence-electron chi connectivity index (χ1n) is 5.35. The molecule has 1 saturated heterocycles. The van der Waals surface area contributed by atoms with Gasteiger partial charge in [-0.2, -0.15) is 0 Å². The molecule has 16 heavy (non-hydrogen) atoms. The fourth-order valence-corrected chi connectivity index (χ4v) is 1.91. The lowest BCUT2D eigenvalue weighted by molar-refractivity contribution is 0.122. The molecule has 0 saturated carbocycles. The first-order valence-corrected chi connectivity index (χ1v) is 5.35. The van der Waals surface area contributed by atoms with E-state index in [1.54, 1.807) is 6.33 Å². The Kier molecular flexibility index (Phi) is 2.21. The van der Waals surface area contributed by atoms with Crippen molar-refractivity contribution < 1.29 is 4.74 Å². The normalized spacial score (nSPS) is 16.9. The van der Waals surface area contributed by atoms with Crippen LogP contribution in [0.4, 0.5) is 5.95 Å². The van der Waals surface area contributed by atoms with Gasteiger partial charge >= 0.3 is 0 Å². The topological polar surface area (TPSA) is 55.5 Å². The van der Waals surface area contributed by atoms with Crippen LogP contribution in [-0.2, 0) is 4.74 Å². The van der Waals surface area contributed by atoms with Gasteiger partial charge in [-0.05, 0) is 6.92 Å². The zero-order valence-electron chi connectivity index (χ0n) is 9.13. The number of rotatable bonds is 1. The maximum atomic E-state index is 5.34. The number of hydrogen-bond acceptors (Lipinski definition) is 5. The van der Waals surface area contributed by atoms with E-state index < -0.39 is 0 Å². The third kappa shape index (κ3) is 1.51. The van der Waals surface area contributed by atoms with Crippen LogP contribution in [-0.4, -0.2) is 45.9 Å². The van der Waals surface area contributed by atoms with Crippen molar-refractivity contribution in [2.24, 2.45) is 0 Å². The van der Waals surface area contributed by atoms with E-state index in [0.717, 1.165) is 43.6 Å². The van der Waals surface area contributed by atoms with Crippen LogP contribution in [0.1, 0.15) is 5.69 Å². The minimum Gasteiger partial charge on any atom is -0.378 e. The van der Waals surface area contributed by atoms with E-state index in [1.807, 2.05) is 17.4 Å². The summed E-state index contributed by atoms with van der Waals surface area (Å²) in [5, 5.41) is 7.96. The molecule has 0 N–H and O–H groups in total. The van der Waals surface area contributed by atoms with Gasteiger partial charge < -0.3 is 9.64 Å². The van der Waals surface area contributed by atoms with Crippen molar-refractivity contribution in [1.82, 2.24) is 19.6 Å². The van der Waals surface area contributed by atoms with Crippen LogP contribution in [0.25, 0.3) is 5.65 Å². The average molecular weight is 219 g/mol. The second-order valence-corrected chi connectivity index (χ2v) is 3.86. The summed E-state index contributed by atoms with van der Waals surface area (Å²) in [6.45, 7) is 5.20. The summed E-state index contributed by atoms with van der Waals surface area (Å²) >= 11 is 0. The molecule has 0 amide bonds. The fourth-order valence-electron chi connectivity index (χ4n) is 1.91. The Morgan fingerprint density at radius 1 is 1.31 bits per heavy atom. The second-order valence-electron chi connectivity index (χ2n) is 3.86. The lowest BCUT2D eigenvalue weighted by Gasteiger charge is -2.28. The van der Waals surface area contributed by atoms with Crippen LogP contribution in [0.3, 0.4) is 0 Å². The van der Waals surface area contributed by atoms with Crippen LogP contribution >= 0.6 is 0 Å². The number of hydrogen-bond donors (Lipinski definition) is 0. The summed E-state index contributed by atoms with van der Waals surface area (Å²) in [6, 6.07) is 1.93. The van der Waals surface area contributed by atoms with E-state index in [1.165, 1.54) is 0 Å². The molecule has 1 fully saturated rings. The lowest BCUT2D eigenvalue weighted by atomic mass is 10.4. The molecular formula is C10H13N5O. The molecule has 0 atom stereocenters. The van der Waals surface area contributed by atoms with Gasteiger partial charge in [0, 0.05) is 24.8 Å². The van der Waals surface area contributed by atoms with Crippen molar-refractivity contribution in [3.8, 4) is 0 Å². The largest absolute Gasteiger partial charge is 0.378 e. The Hall–Kier alpha value is -1.69. The molecule has 0 unspecified atom stereocenters. The summed E-state index contributed by atoms with van der Waals surface area (Å²) in [7, 11) is 0. The summed E-state index contributed by atoms with van der Waals surface area (Å²) in [5.41, 5.74) is 1.80. The van der Waals surface area contributed by atoms with Crippen molar-refractivity contribution in [3.63, 3.8) is 0 Å². The number of ether oxygens (including phenoxy) is 1. The zero-order valence-corrected chi connectivity index (χ0v) is 9.13. The molecule has 2 aromatic rings. The Bertz CT molecular complexity index is 503. The molecule has 0 aromatic carbocycles. The SMILES string of the molecule is Cc1cc2nncn2c(N2CCOCC2)n1. The Morgan fingerprint density at radius 3 is 2.94 bits per heavy atom. The molecular weight excluding hydrogens is 206 g/mol. The molecule has 0 radical (unpaired) electrons. The van der Waals surface area contributed by atoms with Crippen LogP contribution < -0.4 is 4.90 Å². The number of aryl methyl sites for hydroxylation is 1. The standard InChI is InChI=1S/C10H13N5O/c1-8-6-9-13-11-7-15(9)10(12-8)14-2-4-16-5-3-14/h6-7H,2-5H2,1H3. The molecule has 3 heterocycles. The fraction of sp³-hybridized carbons (Fsp3) is 0.500. The number of fused-ring (bicyclic) bond motifs is 1. The molecule has 84 valence electrons. The molecule has 0 spiro atoms. The minimum absolute atomic E-state index is 0.749. The number of anilines is 1. The molecule has 0 bridgehead atoms. The summed E-state index contributed by atoms with van der Waals surface area (Å²) in [4.78, 5) is 6.75. The third-order valence-corrected chi connectivity index (χ3v) is 2.70. The van der Waals surface area contributed by atoms with Crippen molar-refractivity contribution in [3.05, 3.63) is 18.1 Å². The Morgan fingerprint density at radius 2 is 2.12 bits per heavy atom. The van der Waals surface area contributed by atoms with Gasteiger partial charge in [0.25, 0.3) is 0 Å². The number of nitrogens with zero attached hydrogens (tertiary/aromatic N) is 5. The van der Waals surface area contributed by atoms with Crippen LogP contribution in [0, 0.1) is 6.92 Å². The van der Waals surface area contributed by atoms with Crippen molar-refractivity contribution in [2.45, 2.75) is 6.92 Å². The molecule has 2 aromatic heterocycles. The molecule has 3 rings (SSSR count). The Labute approximate surface area is 92.9 Å². The Balaban J connectivity index is 2.09. The van der Waals surface area contributed by atoms with Crippen LogP contribution in [0.15, 0.2) is 12.4 Å². The summed E-state index contributed by atoms with van der Waals surface area (Å²) < 4.78 is 7.25. The second kappa shape index (κ2) is 3.71. The van der Waals surface area contributed by atoms with Gasteiger partial charge in [0.2, 0.25) is 5.95 Å². The highest BCUT2D eigenvalue weighted by Crippen LogP contribution is 2.15. The van der Waals surface area contributed by atoms with Gasteiger partial charge in [0.15, 0.2) is 5.65 Å². The molecule has 0 aliphatic carbocycles. The summed E-state index contributed by atoms with van der Waals surface area (Å²) in [6.07, 6.45) is 1.70. The maximum Gasteiger partial charge on any atom is 0.213 e. The summed E-state index contributed by atoms with van der Waals surface area (Å²) in [5.74, 6) is 0.906. The van der Waals surface area contributed by atoms with E-state index >= 15 is 0 Å². The zero-order chi connectivity index (χ0) is 11.0. The predicted molar refractivity (Wildman–Crippen MR) is 58.6 cm³/mol. The van der Waals surface area contributed by atoms with E-state index in [-0.39, 0.29) is 0 Å². The van der Waals surface area contributed by atoms with Crippen molar-refractivity contribution in [1.29, 1.82) is 0 Å². The van der Waals surface area contributed by atoms with Gasteiger partial charge in [-0.25, -0.2) is 4.98 Å². The molecule has 6 nitrogen and oxygen atoms in total. The minimum atomic E-state index is 0.749. The molecule has 1 aliphatic heterocycles. The van der Waals surface area contributed by atoms with Gasteiger partial charge in [0.1, 0.15) is 6.33 Å². The smallest absolute Gasteiger partial charge is 0.213 e. The maximum absolute atomic E-state index is 5.34. The lowest BCUT2D eigenvalue weighted by Crippen LogP contribution is -2.38. The monoisotopic (exact) mass is 219 g/mol. The van der Waals surface area contributed by atoms with Gasteiger partial charge in [-0.15, -0.1) is 10.2 Å². The van der Waals surface area contributed by atoms with E-state index in [4.69, 9.17) is 4.74 Å². The highest BCUT2D eigenvalue weighted by atomic mass is 16.5. The van der Waals surface area contributed by atoms with E-state index in [0.29, 0.717) is 0 Å². The van der Waals surface area contributed by atoms with Crippen LogP contribution in [0.2, 0.25) is 0 Å². The predicted octanol–water partition coefficient (Wildman–Crippen LogP) is 0.269. The molecule has 6 heteroatoms. The van der Waals surface area contributed by atoms with Gasteiger partial charge in [0.05, 0.1) is 13.2 Å². The van der Waals surface area contributed by atoms with Gasteiger partial charge in [-0.1, -0.05) is 0 Å². The van der Waals surface area contributed by atoms with Crippen LogP contribution in [0.5, 0.6) is 0 Å². The first kappa shape index (κ1) is 9.53. The average Bonchev–Trinajstić information content (AvgIpc) is 2.77. The number of aromatic nitrogens is 4. The van der Waals surface area contributed by atoms with Gasteiger partial charge in [-0.3, -0.25) is 4.40 Å². The quantitative estimate of drug-likeness (QED) is 0.689. The van der Waals surface area contributed by atoms with Crippen molar-refractivity contribution >= 4 is 11.6 Å². The number of morpholine rings is 1. The molecule has 1 aliphatic rings. The third-order valence-electron chi connectivity index (χ3n) is 2.70. The van der Waals surface area contributed by atoms with E-state index in [9.17, 15) is 0 Å². The van der Waals surface area contributed by atoms with E-state index in [2.05, 4.69) is 20.1 Å². The highest BCUT2D eigenvalue weighted by Gasteiger charge is 2.16. The van der Waals surface area contributed by atoms with Crippen molar-refractivity contribution in [2.75, 3.05) is 31.2 Å². The highest BCUT2D eigenvalue weighted by molar-refractivity contribution is 5.47. The first-order chi connectivity index (χ1) is 7.84.